The van der Waals surface area contributed by atoms with Crippen LogP contribution in [0.15, 0.2) is 47.4 Å². The Hall–Kier alpha value is -2.52. The number of non-ortho nitro benzene ring substituents is 1. The van der Waals surface area contributed by atoms with Crippen LogP contribution < -0.4 is 10.5 Å². The molecule has 24 heavy (non-hydrogen) atoms. The number of hydrogen-bond donors (Lipinski definition) is 2. The minimum atomic E-state index is -4.11. The van der Waals surface area contributed by atoms with Gasteiger partial charge < -0.3 is 5.32 Å². The van der Waals surface area contributed by atoms with Crippen LogP contribution in [0.3, 0.4) is 0 Å². The van der Waals surface area contributed by atoms with Crippen LogP contribution in [0.2, 0.25) is 0 Å². The van der Waals surface area contributed by atoms with Crippen molar-refractivity contribution in [1.82, 2.24) is 0 Å². The summed E-state index contributed by atoms with van der Waals surface area (Å²) in [5.41, 5.74) is 0.807. The van der Waals surface area contributed by atoms with Crippen molar-refractivity contribution < 1.29 is 17.7 Å². The fourth-order valence-corrected chi connectivity index (χ4v) is 3.33. The van der Waals surface area contributed by atoms with Crippen LogP contribution in [0.5, 0.6) is 0 Å². The first kappa shape index (κ1) is 16.3. The van der Waals surface area contributed by atoms with E-state index in [1.54, 1.807) is 12.1 Å². The minimum Gasteiger partial charge on any atom is -0.381 e. The van der Waals surface area contributed by atoms with Crippen LogP contribution >= 0.6 is 0 Å². The average molecular weight is 351 g/mol. The lowest BCUT2D eigenvalue weighted by molar-refractivity contribution is -0.385. The zero-order valence-electron chi connectivity index (χ0n) is 12.3. The Labute approximate surface area is 137 Å². The minimum absolute atomic E-state index is 0.0441. The summed E-state index contributed by atoms with van der Waals surface area (Å²) in [6.45, 7) is 0. The number of primary sulfonamides is 1. The second-order valence-corrected chi connectivity index (χ2v) is 7.16. The first-order chi connectivity index (χ1) is 11.3. The summed E-state index contributed by atoms with van der Waals surface area (Å²) in [6, 6.07) is 9.53. The lowest BCUT2D eigenvalue weighted by Crippen LogP contribution is -2.16. The molecule has 3 rings (SSSR count). The van der Waals surface area contributed by atoms with Crippen LogP contribution in [0.25, 0.3) is 0 Å². The second kappa shape index (κ2) is 5.84. The molecule has 2 aromatic rings. The number of sulfonamides is 1. The van der Waals surface area contributed by atoms with Gasteiger partial charge in [-0.2, -0.15) is 0 Å². The van der Waals surface area contributed by atoms with Gasteiger partial charge in [0, 0.05) is 24.1 Å². The number of halogens is 1. The molecule has 1 saturated carbocycles. The Morgan fingerprint density at radius 3 is 2.46 bits per heavy atom. The number of nitrogens with two attached hydrogens (primary N) is 1. The van der Waals surface area contributed by atoms with Gasteiger partial charge >= 0.3 is 0 Å². The normalized spacial score (nSPS) is 19.8. The smallest absolute Gasteiger partial charge is 0.270 e. The van der Waals surface area contributed by atoms with E-state index in [4.69, 9.17) is 5.14 Å². The maximum absolute atomic E-state index is 13.0. The topological polar surface area (TPSA) is 115 Å². The van der Waals surface area contributed by atoms with Gasteiger partial charge in [-0.25, -0.2) is 17.9 Å². The van der Waals surface area contributed by atoms with Crippen molar-refractivity contribution in [3.8, 4) is 0 Å². The van der Waals surface area contributed by atoms with Crippen molar-refractivity contribution in [2.75, 3.05) is 5.32 Å². The van der Waals surface area contributed by atoms with E-state index in [9.17, 15) is 22.9 Å². The maximum atomic E-state index is 13.0. The fourth-order valence-electron chi connectivity index (χ4n) is 2.61. The third-order valence-electron chi connectivity index (χ3n) is 3.91. The number of nitro benzene ring substituents is 1. The van der Waals surface area contributed by atoms with E-state index in [-0.39, 0.29) is 34.0 Å². The van der Waals surface area contributed by atoms with Crippen LogP contribution in [0, 0.1) is 15.9 Å². The van der Waals surface area contributed by atoms with Crippen molar-refractivity contribution >= 4 is 21.4 Å². The molecule has 0 radical (unpaired) electrons. The molecule has 9 heteroatoms. The van der Waals surface area contributed by atoms with Gasteiger partial charge in [0.15, 0.2) is 0 Å². The Morgan fingerprint density at radius 1 is 1.21 bits per heavy atom. The number of anilines is 1. The summed E-state index contributed by atoms with van der Waals surface area (Å²) in [7, 11) is -4.11. The maximum Gasteiger partial charge on any atom is 0.270 e. The van der Waals surface area contributed by atoms with Gasteiger partial charge in [-0.3, -0.25) is 10.1 Å². The number of nitrogens with one attached hydrogen (secondary N) is 1. The summed E-state index contributed by atoms with van der Waals surface area (Å²) in [5, 5.41) is 19.0. The van der Waals surface area contributed by atoms with Gasteiger partial charge in [0.25, 0.3) is 5.69 Å². The van der Waals surface area contributed by atoms with Gasteiger partial charge in [0.2, 0.25) is 10.0 Å². The van der Waals surface area contributed by atoms with Crippen LogP contribution in [-0.4, -0.2) is 19.4 Å². The standard InChI is InChI=1S/C15H14FN3O4S/c16-10-3-1-9(2-4-10)12-8-14(12)18-13-6-5-11(19(20)21)7-15(13)24(17,22)23/h1-7,12,14,18H,8H2,(H2,17,22,23)/t12-,14+/m0/s1. The number of hydrogen-bond acceptors (Lipinski definition) is 5. The molecule has 0 amide bonds. The van der Waals surface area contributed by atoms with E-state index in [0.717, 1.165) is 18.1 Å². The van der Waals surface area contributed by atoms with Gasteiger partial charge in [0.1, 0.15) is 10.7 Å². The second-order valence-electron chi connectivity index (χ2n) is 5.63. The molecule has 0 bridgehead atoms. The predicted molar refractivity (Wildman–Crippen MR) is 85.6 cm³/mol. The summed E-state index contributed by atoms with van der Waals surface area (Å²) in [6.07, 6.45) is 0.743. The number of nitrogens with zero attached hydrogens (tertiary/aromatic N) is 1. The van der Waals surface area contributed by atoms with Crippen LogP contribution in [0.4, 0.5) is 15.8 Å². The van der Waals surface area contributed by atoms with E-state index in [1.807, 2.05) is 0 Å². The molecule has 0 aliphatic heterocycles. The van der Waals surface area contributed by atoms with Crippen molar-refractivity contribution in [2.45, 2.75) is 23.3 Å². The zero-order valence-corrected chi connectivity index (χ0v) is 13.2. The van der Waals surface area contributed by atoms with Gasteiger partial charge in [-0.1, -0.05) is 12.1 Å². The van der Waals surface area contributed by atoms with Gasteiger partial charge in [-0.05, 0) is 30.2 Å². The Bertz CT molecular complexity index is 899. The molecule has 2 aromatic carbocycles. The lowest BCUT2D eigenvalue weighted by atomic mass is 10.1. The highest BCUT2D eigenvalue weighted by Crippen LogP contribution is 2.43. The average Bonchev–Trinajstić information content (AvgIpc) is 3.26. The van der Waals surface area contributed by atoms with E-state index >= 15 is 0 Å². The first-order valence-electron chi connectivity index (χ1n) is 7.09. The molecule has 0 aromatic heterocycles. The Morgan fingerprint density at radius 2 is 1.88 bits per heavy atom. The molecule has 0 heterocycles. The molecule has 1 fully saturated rings. The summed E-state index contributed by atoms with van der Waals surface area (Å²) < 4.78 is 36.3. The van der Waals surface area contributed by atoms with Crippen molar-refractivity contribution in [1.29, 1.82) is 0 Å². The molecular weight excluding hydrogens is 337 g/mol. The third-order valence-corrected chi connectivity index (χ3v) is 4.86. The first-order valence-corrected chi connectivity index (χ1v) is 8.63. The molecular formula is C15H14FN3O4S. The van der Waals surface area contributed by atoms with Crippen molar-refractivity contribution in [3.05, 3.63) is 64.0 Å². The summed E-state index contributed by atoms with van der Waals surface area (Å²) in [5.74, 6) is -0.204. The third kappa shape index (κ3) is 3.36. The Balaban J connectivity index is 1.83. The van der Waals surface area contributed by atoms with E-state index in [0.29, 0.717) is 0 Å². The van der Waals surface area contributed by atoms with E-state index in [1.165, 1.54) is 24.3 Å². The highest BCUT2D eigenvalue weighted by molar-refractivity contribution is 7.89. The van der Waals surface area contributed by atoms with Crippen molar-refractivity contribution in [2.24, 2.45) is 5.14 Å². The zero-order chi connectivity index (χ0) is 17.5. The summed E-state index contributed by atoms with van der Waals surface area (Å²) in [4.78, 5) is 9.81. The van der Waals surface area contributed by atoms with Gasteiger partial charge in [0.05, 0.1) is 10.6 Å². The van der Waals surface area contributed by atoms with E-state index in [2.05, 4.69) is 5.32 Å². The highest BCUT2D eigenvalue weighted by Gasteiger charge is 2.39. The van der Waals surface area contributed by atoms with E-state index < -0.39 is 14.9 Å². The van der Waals surface area contributed by atoms with Gasteiger partial charge in [-0.15, -0.1) is 0 Å². The molecule has 2 atom stereocenters. The molecule has 1 aliphatic rings. The fraction of sp³-hybridized carbons (Fsp3) is 0.200. The van der Waals surface area contributed by atoms with Crippen LogP contribution in [0.1, 0.15) is 17.9 Å². The molecule has 0 unspecified atom stereocenters. The SMILES string of the molecule is NS(=O)(=O)c1cc([N+](=O)[O-])ccc1N[C@@H]1C[C@H]1c1ccc(F)cc1. The largest absolute Gasteiger partial charge is 0.381 e. The highest BCUT2D eigenvalue weighted by atomic mass is 32.2. The molecule has 0 spiro atoms. The molecule has 126 valence electrons. The molecule has 7 nitrogen and oxygen atoms in total. The molecule has 0 saturated heterocycles. The van der Waals surface area contributed by atoms with Crippen LogP contribution in [-0.2, 0) is 10.0 Å². The monoisotopic (exact) mass is 351 g/mol. The lowest BCUT2D eigenvalue weighted by Gasteiger charge is -2.10. The van der Waals surface area contributed by atoms with Crippen molar-refractivity contribution in [3.63, 3.8) is 0 Å². The number of rotatable bonds is 5. The number of nitro groups is 1. The number of benzene rings is 2. The predicted octanol–water partition coefficient (Wildman–Crippen LogP) is 2.35. The summed E-state index contributed by atoms with van der Waals surface area (Å²) >= 11 is 0. The molecule has 1 aliphatic carbocycles. The Kier molecular flexibility index (Phi) is 3.98. The quantitative estimate of drug-likeness (QED) is 0.634. The molecule has 3 N–H and O–H groups in total.